The highest BCUT2D eigenvalue weighted by atomic mass is 16.5. The molecule has 1 saturated heterocycles. The SMILES string of the molecule is CCCC(=O)N1CCCCC1C(=O)Nc1ccc(C(=O)O)c(OC)c1. The van der Waals surface area contributed by atoms with Crippen molar-refractivity contribution in [2.24, 2.45) is 0 Å². The number of likely N-dealkylation sites (tertiary alicyclic amines) is 1. The van der Waals surface area contributed by atoms with Crippen LogP contribution in [0.2, 0.25) is 0 Å². The Morgan fingerprint density at radius 2 is 2.08 bits per heavy atom. The maximum Gasteiger partial charge on any atom is 0.339 e. The van der Waals surface area contributed by atoms with Gasteiger partial charge in [-0.25, -0.2) is 4.79 Å². The number of amides is 2. The van der Waals surface area contributed by atoms with Gasteiger partial charge in [0, 0.05) is 24.7 Å². The van der Waals surface area contributed by atoms with E-state index in [0.717, 1.165) is 19.3 Å². The van der Waals surface area contributed by atoms with E-state index < -0.39 is 12.0 Å². The molecule has 0 bridgehead atoms. The highest BCUT2D eigenvalue weighted by Crippen LogP contribution is 2.25. The molecule has 7 heteroatoms. The first-order valence-corrected chi connectivity index (χ1v) is 8.49. The molecular formula is C18H24N2O5. The van der Waals surface area contributed by atoms with E-state index in [9.17, 15) is 14.4 Å². The van der Waals surface area contributed by atoms with E-state index in [0.29, 0.717) is 25.1 Å². The molecule has 2 amide bonds. The zero-order chi connectivity index (χ0) is 18.4. The van der Waals surface area contributed by atoms with Gasteiger partial charge in [0.1, 0.15) is 17.4 Å². The van der Waals surface area contributed by atoms with Crippen molar-refractivity contribution in [2.75, 3.05) is 19.0 Å². The van der Waals surface area contributed by atoms with Gasteiger partial charge in [0.25, 0.3) is 0 Å². The number of hydrogen-bond donors (Lipinski definition) is 2. The van der Waals surface area contributed by atoms with Crippen LogP contribution in [0.15, 0.2) is 18.2 Å². The van der Waals surface area contributed by atoms with E-state index in [4.69, 9.17) is 9.84 Å². The first kappa shape index (κ1) is 18.8. The van der Waals surface area contributed by atoms with E-state index in [1.807, 2.05) is 6.92 Å². The molecule has 7 nitrogen and oxygen atoms in total. The Hall–Kier alpha value is -2.57. The summed E-state index contributed by atoms with van der Waals surface area (Å²) in [6, 6.07) is 3.89. The average Bonchev–Trinajstić information content (AvgIpc) is 2.61. The number of rotatable bonds is 6. The zero-order valence-corrected chi connectivity index (χ0v) is 14.6. The third-order valence-electron chi connectivity index (χ3n) is 4.29. The molecule has 1 atom stereocenters. The van der Waals surface area contributed by atoms with E-state index in [1.54, 1.807) is 4.90 Å². The van der Waals surface area contributed by atoms with Gasteiger partial charge in [0.2, 0.25) is 11.8 Å². The van der Waals surface area contributed by atoms with Crippen LogP contribution in [0.1, 0.15) is 49.4 Å². The van der Waals surface area contributed by atoms with Crippen molar-refractivity contribution in [1.29, 1.82) is 0 Å². The van der Waals surface area contributed by atoms with Crippen LogP contribution >= 0.6 is 0 Å². The number of carbonyl (C=O) groups is 3. The average molecular weight is 348 g/mol. The Kier molecular flexibility index (Phi) is 6.38. The topological polar surface area (TPSA) is 95.9 Å². The van der Waals surface area contributed by atoms with Gasteiger partial charge < -0.3 is 20.1 Å². The number of hydrogen-bond acceptors (Lipinski definition) is 4. The maximum atomic E-state index is 12.6. The number of nitrogens with one attached hydrogen (secondary N) is 1. The molecule has 1 aromatic carbocycles. The van der Waals surface area contributed by atoms with Crippen molar-refractivity contribution < 1.29 is 24.2 Å². The molecular weight excluding hydrogens is 324 g/mol. The number of aromatic carboxylic acids is 1. The fourth-order valence-electron chi connectivity index (χ4n) is 3.03. The molecule has 1 fully saturated rings. The van der Waals surface area contributed by atoms with Crippen LogP contribution in [-0.4, -0.2) is 47.5 Å². The van der Waals surface area contributed by atoms with Crippen molar-refractivity contribution in [1.82, 2.24) is 4.90 Å². The van der Waals surface area contributed by atoms with Crippen molar-refractivity contribution in [3.63, 3.8) is 0 Å². The fourth-order valence-corrected chi connectivity index (χ4v) is 3.03. The monoisotopic (exact) mass is 348 g/mol. The fraction of sp³-hybridized carbons (Fsp3) is 0.500. The molecule has 25 heavy (non-hydrogen) atoms. The molecule has 0 spiro atoms. The van der Waals surface area contributed by atoms with Crippen LogP contribution in [0, 0.1) is 0 Å². The van der Waals surface area contributed by atoms with E-state index >= 15 is 0 Å². The van der Waals surface area contributed by atoms with Crippen molar-refractivity contribution >= 4 is 23.5 Å². The normalized spacial score (nSPS) is 17.0. The second-order valence-electron chi connectivity index (χ2n) is 6.06. The minimum Gasteiger partial charge on any atom is -0.496 e. The molecule has 136 valence electrons. The summed E-state index contributed by atoms with van der Waals surface area (Å²) in [5, 5.41) is 11.9. The van der Waals surface area contributed by atoms with Crippen LogP contribution in [0.25, 0.3) is 0 Å². The molecule has 2 N–H and O–H groups in total. The number of carbonyl (C=O) groups excluding carboxylic acids is 2. The Bertz CT molecular complexity index is 659. The molecule has 2 rings (SSSR count). The molecule has 0 aromatic heterocycles. The minimum absolute atomic E-state index is 0.00107. The number of benzene rings is 1. The van der Waals surface area contributed by atoms with Crippen LogP contribution in [-0.2, 0) is 9.59 Å². The number of anilines is 1. The van der Waals surface area contributed by atoms with Gasteiger partial charge in [-0.1, -0.05) is 6.92 Å². The Morgan fingerprint density at radius 3 is 2.72 bits per heavy atom. The molecule has 1 aliphatic heterocycles. The predicted molar refractivity (Wildman–Crippen MR) is 92.8 cm³/mol. The summed E-state index contributed by atoms with van der Waals surface area (Å²) < 4.78 is 5.07. The zero-order valence-electron chi connectivity index (χ0n) is 14.6. The van der Waals surface area contributed by atoms with Gasteiger partial charge in [-0.2, -0.15) is 0 Å². The third kappa shape index (κ3) is 4.49. The summed E-state index contributed by atoms with van der Waals surface area (Å²) in [5.41, 5.74) is 0.471. The van der Waals surface area contributed by atoms with Crippen molar-refractivity contribution in [2.45, 2.75) is 45.1 Å². The first-order chi connectivity index (χ1) is 12.0. The molecule has 0 aliphatic carbocycles. The lowest BCUT2D eigenvalue weighted by atomic mass is 10.0. The summed E-state index contributed by atoms with van der Waals surface area (Å²) >= 11 is 0. The van der Waals surface area contributed by atoms with Crippen LogP contribution < -0.4 is 10.1 Å². The van der Waals surface area contributed by atoms with Gasteiger partial charge in [0.15, 0.2) is 0 Å². The molecule has 1 aromatic rings. The Morgan fingerprint density at radius 1 is 1.32 bits per heavy atom. The number of methoxy groups -OCH3 is 1. The van der Waals surface area contributed by atoms with Gasteiger partial charge >= 0.3 is 5.97 Å². The van der Waals surface area contributed by atoms with Crippen molar-refractivity contribution in [3.05, 3.63) is 23.8 Å². The number of carboxylic acid groups (broad SMARTS) is 1. The van der Waals surface area contributed by atoms with Gasteiger partial charge in [-0.05, 0) is 37.8 Å². The van der Waals surface area contributed by atoms with Crippen molar-refractivity contribution in [3.8, 4) is 5.75 Å². The summed E-state index contributed by atoms with van der Waals surface area (Å²) in [6.07, 6.45) is 3.61. The molecule has 0 saturated carbocycles. The van der Waals surface area contributed by atoms with Gasteiger partial charge in [0.05, 0.1) is 7.11 Å². The smallest absolute Gasteiger partial charge is 0.339 e. The highest BCUT2D eigenvalue weighted by molar-refractivity contribution is 5.98. The maximum absolute atomic E-state index is 12.6. The quantitative estimate of drug-likeness (QED) is 0.823. The minimum atomic E-state index is -1.10. The summed E-state index contributed by atoms with van der Waals surface area (Å²) in [5.74, 6) is -1.18. The second-order valence-corrected chi connectivity index (χ2v) is 6.06. The van der Waals surface area contributed by atoms with Crippen LogP contribution in [0.3, 0.4) is 0 Å². The first-order valence-electron chi connectivity index (χ1n) is 8.49. The van der Waals surface area contributed by atoms with Gasteiger partial charge in [-0.15, -0.1) is 0 Å². The van der Waals surface area contributed by atoms with Gasteiger partial charge in [-0.3, -0.25) is 9.59 Å². The second kappa shape index (κ2) is 8.50. The number of carboxylic acids is 1. The lowest BCUT2D eigenvalue weighted by Crippen LogP contribution is -2.49. The number of ether oxygens (including phenoxy) is 1. The molecule has 0 radical (unpaired) electrons. The summed E-state index contributed by atoms with van der Waals surface area (Å²) in [6.45, 7) is 2.53. The molecule has 1 unspecified atom stereocenters. The Labute approximate surface area is 147 Å². The van der Waals surface area contributed by atoms with E-state index in [-0.39, 0.29) is 23.1 Å². The van der Waals surface area contributed by atoms with E-state index in [1.165, 1.54) is 25.3 Å². The summed E-state index contributed by atoms with van der Waals surface area (Å²) in [4.78, 5) is 37.7. The predicted octanol–water partition coefficient (Wildman–Crippen LogP) is 2.51. The third-order valence-corrected chi connectivity index (χ3v) is 4.29. The largest absolute Gasteiger partial charge is 0.496 e. The Balaban J connectivity index is 2.14. The highest BCUT2D eigenvalue weighted by Gasteiger charge is 2.31. The number of piperidine rings is 1. The number of nitrogens with zero attached hydrogens (tertiary/aromatic N) is 1. The molecule has 1 aliphatic rings. The lowest BCUT2D eigenvalue weighted by molar-refractivity contribution is -0.140. The van der Waals surface area contributed by atoms with Crippen LogP contribution in [0.5, 0.6) is 5.75 Å². The lowest BCUT2D eigenvalue weighted by Gasteiger charge is -2.34. The van der Waals surface area contributed by atoms with Crippen LogP contribution in [0.4, 0.5) is 5.69 Å². The summed E-state index contributed by atoms with van der Waals surface area (Å²) in [7, 11) is 1.37. The van der Waals surface area contributed by atoms with E-state index in [2.05, 4.69) is 5.32 Å². The standard InChI is InChI=1S/C18H24N2O5/c1-3-6-16(21)20-10-5-4-7-14(20)17(22)19-12-8-9-13(18(23)24)15(11-12)25-2/h8-9,11,14H,3-7,10H2,1-2H3,(H,19,22)(H,23,24). The molecule has 1 heterocycles.